The van der Waals surface area contributed by atoms with Gasteiger partial charge in [0.25, 0.3) is 0 Å². The summed E-state index contributed by atoms with van der Waals surface area (Å²) < 4.78 is 1.34. The van der Waals surface area contributed by atoms with Gasteiger partial charge in [-0.25, -0.2) is 0 Å². The molecule has 0 aromatic heterocycles. The Hall–Kier alpha value is -0.430. The van der Waals surface area contributed by atoms with E-state index in [-0.39, 0.29) is 17.7 Å². The number of hydrogen-bond acceptors (Lipinski definition) is 2. The second kappa shape index (κ2) is 2.67. The Kier molecular flexibility index (Phi) is 2.05. The Balaban J connectivity index is 2.74. The Morgan fingerprint density at radius 3 is 2.40 bits per heavy atom. The minimum atomic E-state index is -0.0834. The van der Waals surface area contributed by atoms with Crippen molar-refractivity contribution in [2.75, 3.05) is 6.66 Å². The maximum absolute atomic E-state index is 11.1. The molecule has 2 atom stereocenters. The van der Waals surface area contributed by atoms with E-state index >= 15 is 0 Å². The highest BCUT2D eigenvalue weighted by atomic mass is 31.1. The van der Waals surface area contributed by atoms with Crippen molar-refractivity contribution >= 4 is 20.5 Å². The molecule has 2 unspecified atom stereocenters. The van der Waals surface area contributed by atoms with Gasteiger partial charge < -0.3 is 0 Å². The zero-order chi connectivity index (χ0) is 7.72. The van der Waals surface area contributed by atoms with Crippen LogP contribution in [0.3, 0.4) is 0 Å². The van der Waals surface area contributed by atoms with Crippen LogP contribution in [0.25, 0.3) is 0 Å². The molecule has 2 amide bonds. The first-order chi connectivity index (χ1) is 4.66. The standard InChI is InChI=1S/C6H10NO2P/c1-4-3-5(8)7(10-2)6(4)9/h4,10H,3H2,1-2H3. The quantitative estimate of drug-likeness (QED) is 0.415. The molecule has 1 rings (SSSR count). The van der Waals surface area contributed by atoms with Crippen molar-refractivity contribution in [3.05, 3.63) is 0 Å². The predicted molar refractivity (Wildman–Crippen MR) is 39.9 cm³/mol. The summed E-state index contributed by atoms with van der Waals surface area (Å²) in [6, 6.07) is 0. The van der Waals surface area contributed by atoms with Crippen molar-refractivity contribution in [3.8, 4) is 0 Å². The second-order valence-corrected chi connectivity index (χ2v) is 3.29. The first-order valence-electron chi connectivity index (χ1n) is 3.21. The molecule has 10 heavy (non-hydrogen) atoms. The number of carbonyl (C=O) groups excluding carboxylic acids is 2. The van der Waals surface area contributed by atoms with Gasteiger partial charge in [0.2, 0.25) is 11.8 Å². The highest BCUT2D eigenvalue weighted by molar-refractivity contribution is 7.36. The van der Waals surface area contributed by atoms with Crippen LogP contribution in [-0.4, -0.2) is 23.1 Å². The van der Waals surface area contributed by atoms with Crippen molar-refractivity contribution in [2.24, 2.45) is 5.92 Å². The molecular weight excluding hydrogens is 149 g/mol. The molecule has 4 heteroatoms. The zero-order valence-corrected chi connectivity index (χ0v) is 7.05. The molecule has 0 spiro atoms. The van der Waals surface area contributed by atoms with Crippen molar-refractivity contribution in [3.63, 3.8) is 0 Å². The normalized spacial score (nSPS) is 27.4. The molecule has 0 radical (unpaired) electrons. The Morgan fingerprint density at radius 1 is 1.60 bits per heavy atom. The van der Waals surface area contributed by atoms with Crippen LogP contribution < -0.4 is 0 Å². The van der Waals surface area contributed by atoms with E-state index in [4.69, 9.17) is 0 Å². The van der Waals surface area contributed by atoms with Gasteiger partial charge in [0.1, 0.15) is 0 Å². The molecule has 0 aromatic carbocycles. The van der Waals surface area contributed by atoms with Gasteiger partial charge in [0, 0.05) is 12.3 Å². The molecule has 0 saturated carbocycles. The number of rotatable bonds is 1. The molecule has 56 valence electrons. The van der Waals surface area contributed by atoms with E-state index < -0.39 is 0 Å². The Bertz CT molecular complexity index is 181. The maximum atomic E-state index is 11.1. The van der Waals surface area contributed by atoms with E-state index in [0.717, 1.165) is 0 Å². The summed E-state index contributed by atoms with van der Waals surface area (Å²) in [5, 5.41) is 0. The van der Waals surface area contributed by atoms with Crippen molar-refractivity contribution in [1.29, 1.82) is 0 Å². The molecule has 0 aromatic rings. The van der Waals surface area contributed by atoms with E-state index in [1.165, 1.54) is 4.67 Å². The van der Waals surface area contributed by atoms with Gasteiger partial charge in [-0.3, -0.25) is 14.3 Å². The minimum Gasteiger partial charge on any atom is -0.274 e. The summed E-state index contributed by atoms with van der Waals surface area (Å²) in [7, 11) is 0.292. The largest absolute Gasteiger partial charge is 0.274 e. The molecule has 3 nitrogen and oxygen atoms in total. The fraction of sp³-hybridized carbons (Fsp3) is 0.667. The van der Waals surface area contributed by atoms with Crippen LogP contribution in [0.2, 0.25) is 0 Å². The topological polar surface area (TPSA) is 37.4 Å². The summed E-state index contributed by atoms with van der Waals surface area (Å²) in [5.41, 5.74) is 0. The van der Waals surface area contributed by atoms with Crippen LogP contribution in [0, 0.1) is 5.92 Å². The number of imide groups is 1. The van der Waals surface area contributed by atoms with Crippen molar-refractivity contribution in [2.45, 2.75) is 13.3 Å². The molecular formula is C6H10NO2P. The van der Waals surface area contributed by atoms with Crippen LogP contribution in [0.5, 0.6) is 0 Å². The lowest BCUT2D eigenvalue weighted by atomic mass is 10.1. The number of hydrogen-bond donors (Lipinski definition) is 0. The number of nitrogens with zero attached hydrogens (tertiary/aromatic N) is 1. The van der Waals surface area contributed by atoms with Gasteiger partial charge in [0.05, 0.1) is 0 Å². The molecule has 0 N–H and O–H groups in total. The minimum absolute atomic E-state index is 0.00849. The Labute approximate surface area is 61.6 Å². The third-order valence-electron chi connectivity index (χ3n) is 1.60. The molecule has 1 saturated heterocycles. The van der Waals surface area contributed by atoms with E-state index in [9.17, 15) is 9.59 Å². The lowest BCUT2D eigenvalue weighted by Crippen LogP contribution is -2.20. The van der Waals surface area contributed by atoms with Crippen molar-refractivity contribution in [1.82, 2.24) is 4.67 Å². The summed E-state index contributed by atoms with van der Waals surface area (Å²) in [6.07, 6.45) is 0.402. The van der Waals surface area contributed by atoms with Gasteiger partial charge in [-0.05, 0) is 15.4 Å². The first-order valence-corrected chi connectivity index (χ1v) is 4.65. The SMILES string of the molecule is CPN1C(=O)CC(C)C1=O. The van der Waals surface area contributed by atoms with Crippen LogP contribution in [-0.2, 0) is 9.59 Å². The molecule has 1 heterocycles. The van der Waals surface area contributed by atoms with Gasteiger partial charge >= 0.3 is 0 Å². The van der Waals surface area contributed by atoms with Crippen LogP contribution in [0.1, 0.15) is 13.3 Å². The first kappa shape index (κ1) is 7.67. The highest BCUT2D eigenvalue weighted by Crippen LogP contribution is 2.27. The summed E-state index contributed by atoms with van der Waals surface area (Å²) in [6.45, 7) is 3.63. The summed E-state index contributed by atoms with van der Waals surface area (Å²) in [5.74, 6) is -0.107. The molecule has 1 fully saturated rings. The Morgan fingerprint density at radius 2 is 2.20 bits per heavy atom. The molecule has 0 aliphatic carbocycles. The highest BCUT2D eigenvalue weighted by Gasteiger charge is 2.34. The van der Waals surface area contributed by atoms with E-state index in [2.05, 4.69) is 0 Å². The fourth-order valence-corrected chi connectivity index (χ4v) is 1.80. The maximum Gasteiger partial charge on any atom is 0.235 e. The lowest BCUT2D eigenvalue weighted by Gasteiger charge is -2.09. The van der Waals surface area contributed by atoms with E-state index in [1.807, 2.05) is 6.66 Å². The van der Waals surface area contributed by atoms with E-state index in [1.54, 1.807) is 6.92 Å². The number of amides is 2. The summed E-state index contributed by atoms with van der Waals surface area (Å²) in [4.78, 5) is 22.0. The van der Waals surface area contributed by atoms with Gasteiger partial charge in [-0.15, -0.1) is 0 Å². The van der Waals surface area contributed by atoms with Crippen LogP contribution in [0.15, 0.2) is 0 Å². The smallest absolute Gasteiger partial charge is 0.235 e. The average Bonchev–Trinajstić information content (AvgIpc) is 2.09. The average molecular weight is 159 g/mol. The van der Waals surface area contributed by atoms with Crippen LogP contribution >= 0.6 is 8.73 Å². The molecule has 1 aliphatic heterocycles. The monoisotopic (exact) mass is 159 g/mol. The zero-order valence-electron chi connectivity index (χ0n) is 6.05. The van der Waals surface area contributed by atoms with Gasteiger partial charge in [-0.1, -0.05) is 6.92 Å². The molecule has 0 bridgehead atoms. The van der Waals surface area contributed by atoms with Crippen LogP contribution in [0.4, 0.5) is 0 Å². The van der Waals surface area contributed by atoms with E-state index in [0.29, 0.717) is 15.2 Å². The molecule has 1 aliphatic rings. The lowest BCUT2D eigenvalue weighted by molar-refractivity contribution is -0.132. The van der Waals surface area contributed by atoms with Crippen molar-refractivity contribution < 1.29 is 9.59 Å². The van der Waals surface area contributed by atoms with Gasteiger partial charge in [-0.2, -0.15) is 0 Å². The third kappa shape index (κ3) is 1.06. The fourth-order valence-electron chi connectivity index (χ4n) is 1.02. The van der Waals surface area contributed by atoms with Gasteiger partial charge in [0.15, 0.2) is 0 Å². The second-order valence-electron chi connectivity index (χ2n) is 2.40. The predicted octanol–water partition coefficient (Wildman–Crippen LogP) is 0.605. The number of carbonyl (C=O) groups is 2. The third-order valence-corrected chi connectivity index (χ3v) is 2.51. The summed E-state index contributed by atoms with van der Waals surface area (Å²) >= 11 is 0.